The Hall–Kier alpha value is -1.20. The Morgan fingerprint density at radius 3 is 2.87 bits per heavy atom. The van der Waals surface area contributed by atoms with E-state index in [1.54, 1.807) is 0 Å². The summed E-state index contributed by atoms with van der Waals surface area (Å²) in [7, 11) is 0. The van der Waals surface area contributed by atoms with Gasteiger partial charge in [-0.25, -0.2) is 0 Å². The average Bonchev–Trinajstić information content (AvgIpc) is 2.88. The lowest BCUT2D eigenvalue weighted by molar-refractivity contribution is 0.449. The minimum absolute atomic E-state index is 0. The molecule has 6 heteroatoms. The van der Waals surface area contributed by atoms with Crippen LogP contribution < -0.4 is 5.32 Å². The van der Waals surface area contributed by atoms with Gasteiger partial charge in [0.05, 0.1) is 10.5 Å². The molecule has 0 fully saturated rings. The summed E-state index contributed by atoms with van der Waals surface area (Å²) in [5, 5.41) is 15.8. The van der Waals surface area contributed by atoms with Crippen LogP contribution in [0.2, 0.25) is 5.02 Å². The molecule has 0 saturated carbocycles. The minimum atomic E-state index is -0.0487. The van der Waals surface area contributed by atoms with E-state index in [-0.39, 0.29) is 24.2 Å². The Bertz CT molecular complexity index is 878. The molecule has 2 aromatic carbocycles. The zero-order valence-electron chi connectivity index (χ0n) is 12.1. The summed E-state index contributed by atoms with van der Waals surface area (Å²) in [5.41, 5.74) is 4.34. The molecule has 1 aromatic heterocycles. The maximum absolute atomic E-state index is 10.4. The predicted molar refractivity (Wildman–Crippen MR) is 99.9 cm³/mol. The second kappa shape index (κ2) is 6.36. The largest absolute Gasteiger partial charge is 0.506 e. The minimum Gasteiger partial charge on any atom is -0.506 e. The third kappa shape index (κ3) is 2.74. The highest BCUT2D eigenvalue weighted by molar-refractivity contribution is 9.10. The van der Waals surface area contributed by atoms with Crippen LogP contribution in [0.3, 0.4) is 0 Å². The summed E-state index contributed by atoms with van der Waals surface area (Å²) in [4.78, 5) is 3.49. The number of aromatic nitrogens is 1. The van der Waals surface area contributed by atoms with E-state index in [9.17, 15) is 5.11 Å². The van der Waals surface area contributed by atoms with Gasteiger partial charge < -0.3 is 15.4 Å². The van der Waals surface area contributed by atoms with E-state index >= 15 is 0 Å². The maximum atomic E-state index is 10.4. The molecule has 1 atom stereocenters. The molecule has 0 saturated heterocycles. The molecular weight excluding hydrogens is 399 g/mol. The van der Waals surface area contributed by atoms with Crippen molar-refractivity contribution in [3.05, 3.63) is 62.7 Å². The third-order valence-electron chi connectivity index (χ3n) is 4.24. The molecule has 0 amide bonds. The number of rotatable bonds is 1. The number of phenols is 1. The van der Waals surface area contributed by atoms with Crippen LogP contribution in [0, 0.1) is 0 Å². The Balaban J connectivity index is 0.00000156. The van der Waals surface area contributed by atoms with Crippen LogP contribution >= 0.6 is 39.9 Å². The van der Waals surface area contributed by atoms with Crippen LogP contribution in [0.25, 0.3) is 10.9 Å². The van der Waals surface area contributed by atoms with E-state index in [1.807, 2.05) is 36.4 Å². The normalized spacial score (nSPS) is 16.9. The third-order valence-corrected chi connectivity index (χ3v) is 5.12. The Morgan fingerprint density at radius 2 is 2.04 bits per heavy atom. The van der Waals surface area contributed by atoms with Gasteiger partial charge in [-0.2, -0.15) is 0 Å². The molecule has 120 valence electrons. The highest BCUT2D eigenvalue weighted by Crippen LogP contribution is 2.39. The number of benzene rings is 2. The zero-order chi connectivity index (χ0) is 15.3. The standard InChI is InChI=1S/C17H14BrClN2O.ClH/c18-13-3-1-2-11(17(13)22)15-16-10(6-7-20-15)12-8-9(19)4-5-14(12)21-16;/h1-5,8,15,20-22H,6-7H2;1H. The summed E-state index contributed by atoms with van der Waals surface area (Å²) in [6.07, 6.45) is 0.945. The number of aromatic amines is 1. The first-order chi connectivity index (χ1) is 10.6. The molecule has 0 spiro atoms. The fourth-order valence-corrected chi connectivity index (χ4v) is 3.78. The first-order valence-electron chi connectivity index (χ1n) is 7.16. The number of fused-ring (bicyclic) bond motifs is 3. The summed E-state index contributed by atoms with van der Waals surface area (Å²) < 4.78 is 0.707. The van der Waals surface area contributed by atoms with Crippen molar-refractivity contribution in [2.75, 3.05) is 6.54 Å². The van der Waals surface area contributed by atoms with Crippen LogP contribution in [0.1, 0.15) is 22.9 Å². The summed E-state index contributed by atoms with van der Waals surface area (Å²) >= 11 is 9.53. The van der Waals surface area contributed by atoms with Crippen LogP contribution in [-0.2, 0) is 6.42 Å². The van der Waals surface area contributed by atoms with Crippen molar-refractivity contribution in [3.8, 4) is 5.75 Å². The predicted octanol–water partition coefficient (Wildman–Crippen LogP) is 4.95. The van der Waals surface area contributed by atoms with Crippen molar-refractivity contribution < 1.29 is 5.11 Å². The number of aromatic hydroxyl groups is 1. The molecule has 3 N–H and O–H groups in total. The SMILES string of the molecule is Cl.Oc1c(Br)cccc1C1NCCc2c1[nH]c1ccc(Cl)cc21. The summed E-state index contributed by atoms with van der Waals surface area (Å²) in [6.45, 7) is 0.864. The van der Waals surface area contributed by atoms with Gasteiger partial charge in [0.2, 0.25) is 0 Å². The van der Waals surface area contributed by atoms with Crippen LogP contribution in [0.5, 0.6) is 5.75 Å². The van der Waals surface area contributed by atoms with Crippen molar-refractivity contribution in [2.45, 2.75) is 12.5 Å². The van der Waals surface area contributed by atoms with E-state index in [2.05, 4.69) is 26.2 Å². The van der Waals surface area contributed by atoms with Gasteiger partial charge in [0.1, 0.15) is 5.75 Å². The Morgan fingerprint density at radius 1 is 1.22 bits per heavy atom. The van der Waals surface area contributed by atoms with Crippen molar-refractivity contribution >= 4 is 50.8 Å². The highest BCUT2D eigenvalue weighted by Gasteiger charge is 2.27. The van der Waals surface area contributed by atoms with Crippen molar-refractivity contribution in [2.24, 2.45) is 0 Å². The molecule has 2 heterocycles. The number of phenolic OH excluding ortho intramolecular Hbond substituents is 1. The molecule has 3 nitrogen and oxygen atoms in total. The topological polar surface area (TPSA) is 48.0 Å². The molecule has 1 aliphatic heterocycles. The molecule has 1 aliphatic rings. The second-order valence-electron chi connectivity index (χ2n) is 5.52. The first kappa shape index (κ1) is 16.7. The lowest BCUT2D eigenvalue weighted by Gasteiger charge is -2.25. The molecule has 0 aliphatic carbocycles. The van der Waals surface area contributed by atoms with Gasteiger partial charge in [-0.15, -0.1) is 12.4 Å². The van der Waals surface area contributed by atoms with Gasteiger partial charge in [0.15, 0.2) is 0 Å². The fraction of sp³-hybridized carbons (Fsp3) is 0.176. The van der Waals surface area contributed by atoms with E-state index < -0.39 is 0 Å². The van der Waals surface area contributed by atoms with E-state index in [4.69, 9.17) is 11.6 Å². The van der Waals surface area contributed by atoms with Gasteiger partial charge in [0, 0.05) is 33.7 Å². The number of halogens is 3. The quantitative estimate of drug-likeness (QED) is 0.528. The van der Waals surface area contributed by atoms with Crippen LogP contribution in [-0.4, -0.2) is 16.6 Å². The fourth-order valence-electron chi connectivity index (χ4n) is 3.23. The molecular formula is C17H15BrCl2N2O. The summed E-state index contributed by atoms with van der Waals surface area (Å²) in [5.74, 6) is 0.282. The Kier molecular flexibility index (Phi) is 4.61. The van der Waals surface area contributed by atoms with E-state index in [0.29, 0.717) is 4.47 Å². The molecule has 4 rings (SSSR count). The van der Waals surface area contributed by atoms with E-state index in [1.165, 1.54) is 10.9 Å². The van der Waals surface area contributed by atoms with Crippen molar-refractivity contribution in [3.63, 3.8) is 0 Å². The molecule has 23 heavy (non-hydrogen) atoms. The van der Waals surface area contributed by atoms with Crippen LogP contribution in [0.15, 0.2) is 40.9 Å². The average molecular weight is 414 g/mol. The molecule has 3 aromatic rings. The maximum Gasteiger partial charge on any atom is 0.134 e. The van der Waals surface area contributed by atoms with E-state index in [0.717, 1.165) is 34.8 Å². The lowest BCUT2D eigenvalue weighted by Crippen LogP contribution is -2.30. The second-order valence-corrected chi connectivity index (χ2v) is 6.81. The number of hydrogen-bond donors (Lipinski definition) is 3. The molecule has 1 unspecified atom stereocenters. The number of para-hydroxylation sites is 1. The first-order valence-corrected chi connectivity index (χ1v) is 8.33. The number of H-pyrrole nitrogens is 1. The number of hydrogen-bond acceptors (Lipinski definition) is 2. The van der Waals surface area contributed by atoms with Crippen molar-refractivity contribution in [1.82, 2.24) is 10.3 Å². The highest BCUT2D eigenvalue weighted by atomic mass is 79.9. The van der Waals surface area contributed by atoms with Gasteiger partial charge >= 0.3 is 0 Å². The van der Waals surface area contributed by atoms with Gasteiger partial charge in [0.25, 0.3) is 0 Å². The number of nitrogens with one attached hydrogen (secondary N) is 2. The van der Waals surface area contributed by atoms with Crippen LogP contribution in [0.4, 0.5) is 0 Å². The van der Waals surface area contributed by atoms with Gasteiger partial charge in [-0.1, -0.05) is 23.7 Å². The lowest BCUT2D eigenvalue weighted by atomic mass is 9.94. The summed E-state index contributed by atoms with van der Waals surface area (Å²) in [6, 6.07) is 11.6. The van der Waals surface area contributed by atoms with Gasteiger partial charge in [-0.3, -0.25) is 0 Å². The molecule has 0 bridgehead atoms. The van der Waals surface area contributed by atoms with Crippen molar-refractivity contribution in [1.29, 1.82) is 0 Å². The monoisotopic (exact) mass is 412 g/mol. The smallest absolute Gasteiger partial charge is 0.134 e. The molecule has 0 radical (unpaired) electrons. The Labute approximate surface area is 153 Å². The van der Waals surface area contributed by atoms with Gasteiger partial charge in [-0.05, 0) is 52.2 Å². The zero-order valence-corrected chi connectivity index (χ0v) is 15.2.